The molecule has 0 heterocycles. The van der Waals surface area contributed by atoms with Crippen LogP contribution in [0, 0.1) is 0 Å². The van der Waals surface area contributed by atoms with E-state index in [0.29, 0.717) is 0 Å². The van der Waals surface area contributed by atoms with Crippen LogP contribution in [0.5, 0.6) is 0 Å². The van der Waals surface area contributed by atoms with Crippen LogP contribution in [-0.4, -0.2) is 25.6 Å². The van der Waals surface area contributed by atoms with Gasteiger partial charge in [0.1, 0.15) is 0 Å². The zero-order chi connectivity index (χ0) is 22.8. The molecule has 2 aromatic rings. The van der Waals surface area contributed by atoms with Gasteiger partial charge in [0.05, 0.1) is 16.8 Å². The zero-order valence-corrected chi connectivity index (χ0v) is 21.1. The van der Waals surface area contributed by atoms with Crippen LogP contribution < -0.4 is 5.19 Å². The van der Waals surface area contributed by atoms with E-state index in [2.05, 4.69) is 43.0 Å². The van der Waals surface area contributed by atoms with Gasteiger partial charge in [-0.05, 0) is 79.0 Å². The Bertz CT molecular complexity index is 794. The summed E-state index contributed by atoms with van der Waals surface area (Å²) in [6.07, 6.45) is 0. The van der Waals surface area contributed by atoms with Crippen molar-refractivity contribution in [1.29, 1.82) is 0 Å². The van der Waals surface area contributed by atoms with Gasteiger partial charge in [0, 0.05) is 5.19 Å². The number of benzene rings is 2. The molecule has 0 amide bonds. The molecular weight excluding hydrogens is 388 g/mol. The van der Waals surface area contributed by atoms with Crippen molar-refractivity contribution in [2.24, 2.45) is 0 Å². The van der Waals surface area contributed by atoms with E-state index in [1.807, 2.05) is 80.5 Å². The molecular formula is C26H38O3Si. The van der Waals surface area contributed by atoms with Gasteiger partial charge < -0.3 is 13.3 Å². The Hall–Kier alpha value is -1.72. The molecule has 0 fully saturated rings. The molecule has 0 saturated heterocycles. The van der Waals surface area contributed by atoms with Crippen LogP contribution >= 0.6 is 0 Å². The first-order valence-electron chi connectivity index (χ1n) is 10.6. The van der Waals surface area contributed by atoms with E-state index < -0.39 is 25.6 Å². The minimum atomic E-state index is -3.24. The maximum Gasteiger partial charge on any atom is 0.538 e. The van der Waals surface area contributed by atoms with Crippen LogP contribution in [-0.2, 0) is 13.3 Å². The molecule has 0 spiro atoms. The van der Waals surface area contributed by atoms with Gasteiger partial charge in [-0.1, -0.05) is 61.2 Å². The lowest BCUT2D eigenvalue weighted by molar-refractivity contribution is -0.0655. The summed E-state index contributed by atoms with van der Waals surface area (Å²) in [5, 5.41) is 0.951. The third kappa shape index (κ3) is 7.20. The standard InChI is InChI=1S/C26H38O3Si/c1-20(21-14-12-11-13-15-21)22-16-18-23(19-17-22)30(27-24(2,3)4,28-25(5,6)7)29-26(8,9)10/h11-19H,1H2,2-10H3. The molecule has 4 heteroatoms. The Morgan fingerprint density at radius 3 is 1.33 bits per heavy atom. The first-order valence-corrected chi connectivity index (χ1v) is 12.3. The fraction of sp³-hybridized carbons (Fsp3) is 0.462. The van der Waals surface area contributed by atoms with Crippen LogP contribution in [0.1, 0.15) is 73.4 Å². The second-order valence-corrected chi connectivity index (χ2v) is 12.9. The van der Waals surface area contributed by atoms with E-state index in [1.54, 1.807) is 0 Å². The van der Waals surface area contributed by atoms with Gasteiger partial charge in [0.15, 0.2) is 0 Å². The molecule has 0 aliphatic heterocycles. The van der Waals surface area contributed by atoms with Crippen molar-refractivity contribution in [3.8, 4) is 0 Å². The Morgan fingerprint density at radius 1 is 0.600 bits per heavy atom. The second kappa shape index (κ2) is 8.79. The molecule has 0 aliphatic rings. The number of rotatable bonds is 6. The molecule has 30 heavy (non-hydrogen) atoms. The highest BCUT2D eigenvalue weighted by Gasteiger charge is 2.52. The summed E-state index contributed by atoms with van der Waals surface area (Å²) in [6, 6.07) is 18.5. The first kappa shape index (κ1) is 24.5. The molecule has 2 rings (SSSR count). The van der Waals surface area contributed by atoms with Gasteiger partial charge in [0.25, 0.3) is 0 Å². The number of hydrogen-bond acceptors (Lipinski definition) is 3. The molecule has 0 N–H and O–H groups in total. The Kier molecular flexibility index (Phi) is 7.20. The van der Waals surface area contributed by atoms with E-state index in [9.17, 15) is 0 Å². The Labute approximate surface area is 184 Å². The fourth-order valence-electron chi connectivity index (χ4n) is 3.13. The highest BCUT2D eigenvalue weighted by atomic mass is 28.4. The van der Waals surface area contributed by atoms with E-state index in [-0.39, 0.29) is 0 Å². The van der Waals surface area contributed by atoms with Crippen molar-refractivity contribution in [2.45, 2.75) is 79.1 Å². The zero-order valence-electron chi connectivity index (χ0n) is 20.1. The van der Waals surface area contributed by atoms with Crippen molar-refractivity contribution in [2.75, 3.05) is 0 Å². The molecule has 0 radical (unpaired) electrons. The van der Waals surface area contributed by atoms with Crippen molar-refractivity contribution in [1.82, 2.24) is 0 Å². The van der Waals surface area contributed by atoms with E-state index in [4.69, 9.17) is 13.3 Å². The van der Waals surface area contributed by atoms with Gasteiger partial charge in [-0.2, -0.15) is 0 Å². The lowest BCUT2D eigenvalue weighted by atomic mass is 10.00. The molecule has 0 saturated carbocycles. The summed E-state index contributed by atoms with van der Waals surface area (Å²) in [5.41, 5.74) is 1.89. The minimum absolute atomic E-state index is 0.422. The van der Waals surface area contributed by atoms with Crippen molar-refractivity contribution in [3.63, 3.8) is 0 Å². The smallest absolute Gasteiger partial charge is 0.365 e. The summed E-state index contributed by atoms with van der Waals surface area (Å²) in [5.74, 6) is 0. The maximum atomic E-state index is 6.62. The van der Waals surface area contributed by atoms with Crippen molar-refractivity contribution >= 4 is 19.6 Å². The van der Waals surface area contributed by atoms with E-state index >= 15 is 0 Å². The average Bonchev–Trinajstić information content (AvgIpc) is 2.57. The molecule has 0 unspecified atom stereocenters. The predicted molar refractivity (Wildman–Crippen MR) is 129 cm³/mol. The quantitative estimate of drug-likeness (QED) is 0.505. The fourth-order valence-corrected chi connectivity index (χ4v) is 6.60. The van der Waals surface area contributed by atoms with Crippen LogP contribution in [0.25, 0.3) is 5.57 Å². The normalized spacial score (nSPS) is 13.4. The largest absolute Gasteiger partial charge is 0.538 e. The van der Waals surface area contributed by atoms with Crippen molar-refractivity contribution < 1.29 is 13.3 Å². The lowest BCUT2D eigenvalue weighted by Crippen LogP contribution is -2.64. The van der Waals surface area contributed by atoms with Gasteiger partial charge in [-0.25, -0.2) is 0 Å². The summed E-state index contributed by atoms with van der Waals surface area (Å²) in [4.78, 5) is 0. The monoisotopic (exact) mass is 426 g/mol. The Balaban J connectivity index is 2.52. The third-order valence-corrected chi connectivity index (χ3v) is 7.71. The summed E-state index contributed by atoms with van der Waals surface area (Å²) in [7, 11) is -3.24. The van der Waals surface area contributed by atoms with E-state index in [0.717, 1.165) is 21.9 Å². The predicted octanol–water partition coefficient (Wildman–Crippen LogP) is 6.34. The minimum Gasteiger partial charge on any atom is -0.365 e. The molecule has 3 nitrogen and oxygen atoms in total. The summed E-state index contributed by atoms with van der Waals surface area (Å²) >= 11 is 0. The molecule has 0 atom stereocenters. The lowest BCUT2D eigenvalue weighted by Gasteiger charge is -2.43. The van der Waals surface area contributed by atoms with Crippen LogP contribution in [0.2, 0.25) is 0 Å². The molecule has 164 valence electrons. The molecule has 2 aromatic carbocycles. The van der Waals surface area contributed by atoms with Gasteiger partial charge >= 0.3 is 8.80 Å². The van der Waals surface area contributed by atoms with Gasteiger partial charge in [-0.3, -0.25) is 0 Å². The second-order valence-electron chi connectivity index (χ2n) is 10.6. The average molecular weight is 427 g/mol. The first-order chi connectivity index (χ1) is 13.6. The van der Waals surface area contributed by atoms with E-state index in [1.165, 1.54) is 0 Å². The highest BCUT2D eigenvalue weighted by Crippen LogP contribution is 2.29. The van der Waals surface area contributed by atoms with Gasteiger partial charge in [0.2, 0.25) is 0 Å². The maximum absolute atomic E-state index is 6.62. The summed E-state index contributed by atoms with van der Waals surface area (Å²) < 4.78 is 19.9. The Morgan fingerprint density at radius 2 is 0.967 bits per heavy atom. The van der Waals surface area contributed by atoms with Crippen molar-refractivity contribution in [3.05, 3.63) is 72.3 Å². The van der Waals surface area contributed by atoms with Crippen LogP contribution in [0.4, 0.5) is 0 Å². The van der Waals surface area contributed by atoms with Crippen LogP contribution in [0.15, 0.2) is 61.2 Å². The molecule has 0 aromatic heterocycles. The molecule has 0 bridgehead atoms. The van der Waals surface area contributed by atoms with Gasteiger partial charge in [-0.15, -0.1) is 0 Å². The van der Waals surface area contributed by atoms with Crippen LogP contribution in [0.3, 0.4) is 0 Å². The molecule has 0 aliphatic carbocycles. The SMILES string of the molecule is C=C(c1ccccc1)c1ccc([Si](OC(C)(C)C)(OC(C)(C)C)OC(C)(C)C)cc1. The summed E-state index contributed by atoms with van der Waals surface area (Å²) in [6.45, 7) is 22.6. The topological polar surface area (TPSA) is 27.7 Å². The third-order valence-electron chi connectivity index (χ3n) is 4.03. The highest BCUT2D eigenvalue weighted by molar-refractivity contribution is 6.75. The number of hydrogen-bond donors (Lipinski definition) is 0.